The summed E-state index contributed by atoms with van der Waals surface area (Å²) in [5.41, 5.74) is 7.57. The second-order valence-electron chi connectivity index (χ2n) is 5.48. The van der Waals surface area contributed by atoms with Crippen LogP contribution in [0.5, 0.6) is 0 Å². The quantitative estimate of drug-likeness (QED) is 0.762. The van der Waals surface area contributed by atoms with Gasteiger partial charge in [-0.3, -0.25) is 9.59 Å². The smallest absolute Gasteiger partial charge is 0.291 e. The van der Waals surface area contributed by atoms with Crippen LogP contribution in [-0.2, 0) is 0 Å². The first-order chi connectivity index (χ1) is 11.0. The fourth-order valence-electron chi connectivity index (χ4n) is 2.01. The first-order valence-electron chi connectivity index (χ1n) is 7.46. The lowest BCUT2D eigenvalue weighted by Crippen LogP contribution is -2.29. The number of aryl methyl sites for hydroxylation is 1. The van der Waals surface area contributed by atoms with Crippen molar-refractivity contribution in [2.24, 2.45) is 5.73 Å². The Morgan fingerprint density at radius 3 is 2.70 bits per heavy atom. The standard InChI is InChI=1S/C17H21N3O3/c1-11-5-6-13(16(21)19-8-7-12(2)18)10-14(11)20-17(22)15-4-3-9-23-15/h3-6,9-10,12H,7-8,18H2,1-2H3,(H,19,21)(H,20,22). The predicted octanol–water partition coefficient (Wildman–Crippen LogP) is 2.31. The summed E-state index contributed by atoms with van der Waals surface area (Å²) in [6, 6.07) is 8.42. The Morgan fingerprint density at radius 2 is 2.04 bits per heavy atom. The van der Waals surface area contributed by atoms with Crippen LogP contribution in [0.3, 0.4) is 0 Å². The van der Waals surface area contributed by atoms with Crippen molar-refractivity contribution in [2.75, 3.05) is 11.9 Å². The first-order valence-corrected chi connectivity index (χ1v) is 7.46. The number of amides is 2. The Labute approximate surface area is 135 Å². The van der Waals surface area contributed by atoms with Crippen molar-refractivity contribution in [2.45, 2.75) is 26.3 Å². The van der Waals surface area contributed by atoms with Crippen molar-refractivity contribution in [3.63, 3.8) is 0 Å². The van der Waals surface area contributed by atoms with E-state index in [9.17, 15) is 9.59 Å². The van der Waals surface area contributed by atoms with E-state index in [0.29, 0.717) is 24.2 Å². The van der Waals surface area contributed by atoms with Crippen LogP contribution in [0, 0.1) is 6.92 Å². The highest BCUT2D eigenvalue weighted by atomic mass is 16.3. The number of hydrogen-bond acceptors (Lipinski definition) is 4. The number of hydrogen-bond donors (Lipinski definition) is 3. The summed E-state index contributed by atoms with van der Waals surface area (Å²) in [7, 11) is 0. The summed E-state index contributed by atoms with van der Waals surface area (Å²) in [4.78, 5) is 24.2. The van der Waals surface area contributed by atoms with Gasteiger partial charge in [-0.2, -0.15) is 0 Å². The molecule has 2 rings (SSSR count). The summed E-state index contributed by atoms with van der Waals surface area (Å²) < 4.78 is 5.06. The molecule has 0 aliphatic heterocycles. The van der Waals surface area contributed by atoms with Crippen molar-refractivity contribution < 1.29 is 14.0 Å². The average Bonchev–Trinajstić information content (AvgIpc) is 3.03. The summed E-state index contributed by atoms with van der Waals surface area (Å²) in [5.74, 6) is -0.331. The molecule has 6 nitrogen and oxygen atoms in total. The van der Waals surface area contributed by atoms with Gasteiger partial charge < -0.3 is 20.8 Å². The molecule has 1 unspecified atom stereocenters. The zero-order chi connectivity index (χ0) is 16.8. The van der Waals surface area contributed by atoms with E-state index in [1.807, 2.05) is 13.8 Å². The molecular weight excluding hydrogens is 294 g/mol. The molecule has 0 aliphatic carbocycles. The summed E-state index contributed by atoms with van der Waals surface area (Å²) in [6.45, 7) is 4.26. The zero-order valence-corrected chi connectivity index (χ0v) is 13.3. The molecule has 1 atom stereocenters. The van der Waals surface area contributed by atoms with E-state index in [4.69, 9.17) is 10.2 Å². The highest BCUT2D eigenvalue weighted by molar-refractivity contribution is 6.03. The highest BCUT2D eigenvalue weighted by Gasteiger charge is 2.13. The summed E-state index contributed by atoms with van der Waals surface area (Å²) >= 11 is 0. The average molecular weight is 315 g/mol. The molecule has 0 aliphatic rings. The van der Waals surface area contributed by atoms with E-state index in [2.05, 4.69) is 10.6 Å². The molecule has 4 N–H and O–H groups in total. The number of furan rings is 1. The number of rotatable bonds is 6. The van der Waals surface area contributed by atoms with E-state index in [-0.39, 0.29) is 23.6 Å². The number of nitrogens with two attached hydrogens (primary N) is 1. The van der Waals surface area contributed by atoms with Gasteiger partial charge in [0, 0.05) is 23.8 Å². The van der Waals surface area contributed by atoms with Crippen LogP contribution < -0.4 is 16.4 Å². The Bertz CT molecular complexity index is 678. The van der Waals surface area contributed by atoms with Crippen LogP contribution in [0.25, 0.3) is 0 Å². The number of carbonyl (C=O) groups is 2. The Morgan fingerprint density at radius 1 is 1.26 bits per heavy atom. The van der Waals surface area contributed by atoms with E-state index >= 15 is 0 Å². The molecule has 0 fully saturated rings. The van der Waals surface area contributed by atoms with Gasteiger partial charge in [0.2, 0.25) is 0 Å². The van der Waals surface area contributed by atoms with Crippen molar-refractivity contribution in [3.8, 4) is 0 Å². The number of anilines is 1. The fourth-order valence-corrected chi connectivity index (χ4v) is 2.01. The SMILES string of the molecule is Cc1ccc(C(=O)NCCC(C)N)cc1NC(=O)c1ccco1. The lowest BCUT2D eigenvalue weighted by Gasteiger charge is -2.11. The maximum absolute atomic E-state index is 12.1. The van der Waals surface area contributed by atoms with Gasteiger partial charge in [0.25, 0.3) is 11.8 Å². The second kappa shape index (κ2) is 7.60. The molecule has 1 aromatic heterocycles. The highest BCUT2D eigenvalue weighted by Crippen LogP contribution is 2.18. The van der Waals surface area contributed by atoms with E-state index in [1.54, 1.807) is 30.3 Å². The summed E-state index contributed by atoms with van der Waals surface area (Å²) in [6.07, 6.45) is 2.14. The molecule has 0 saturated carbocycles. The number of nitrogens with one attached hydrogen (secondary N) is 2. The molecule has 0 saturated heterocycles. The minimum absolute atomic E-state index is 0.0384. The van der Waals surface area contributed by atoms with Crippen LogP contribution in [0.15, 0.2) is 41.0 Å². The Balaban J connectivity index is 2.06. The Hall–Kier alpha value is -2.60. The topological polar surface area (TPSA) is 97.4 Å². The summed E-state index contributed by atoms with van der Waals surface area (Å²) in [5, 5.41) is 5.56. The van der Waals surface area contributed by atoms with E-state index in [1.165, 1.54) is 6.26 Å². The number of benzene rings is 1. The van der Waals surface area contributed by atoms with Crippen LogP contribution in [0.2, 0.25) is 0 Å². The Kier molecular flexibility index (Phi) is 5.54. The van der Waals surface area contributed by atoms with Crippen molar-refractivity contribution in [3.05, 3.63) is 53.5 Å². The molecule has 1 heterocycles. The molecule has 6 heteroatoms. The van der Waals surface area contributed by atoms with Crippen molar-refractivity contribution in [1.29, 1.82) is 0 Å². The van der Waals surface area contributed by atoms with Gasteiger partial charge in [0.15, 0.2) is 5.76 Å². The molecule has 23 heavy (non-hydrogen) atoms. The lowest BCUT2D eigenvalue weighted by atomic mass is 10.1. The van der Waals surface area contributed by atoms with Crippen LogP contribution >= 0.6 is 0 Å². The van der Waals surface area contributed by atoms with Gasteiger partial charge in [0.1, 0.15) is 0 Å². The third-order valence-electron chi connectivity index (χ3n) is 3.38. The van der Waals surface area contributed by atoms with E-state index in [0.717, 1.165) is 5.56 Å². The van der Waals surface area contributed by atoms with Crippen molar-refractivity contribution in [1.82, 2.24) is 5.32 Å². The molecule has 122 valence electrons. The van der Waals surface area contributed by atoms with Crippen LogP contribution in [-0.4, -0.2) is 24.4 Å². The van der Waals surface area contributed by atoms with Gasteiger partial charge in [-0.05, 0) is 50.1 Å². The third kappa shape index (κ3) is 4.69. The fraction of sp³-hybridized carbons (Fsp3) is 0.294. The lowest BCUT2D eigenvalue weighted by molar-refractivity contribution is 0.0950. The van der Waals surface area contributed by atoms with Gasteiger partial charge in [0.05, 0.1) is 6.26 Å². The molecule has 0 bridgehead atoms. The molecule has 0 spiro atoms. The second-order valence-corrected chi connectivity index (χ2v) is 5.48. The van der Waals surface area contributed by atoms with Gasteiger partial charge in [-0.15, -0.1) is 0 Å². The van der Waals surface area contributed by atoms with Crippen molar-refractivity contribution >= 4 is 17.5 Å². The largest absolute Gasteiger partial charge is 0.459 e. The van der Waals surface area contributed by atoms with Gasteiger partial charge >= 0.3 is 0 Å². The van der Waals surface area contributed by atoms with Crippen LogP contribution in [0.4, 0.5) is 5.69 Å². The maximum Gasteiger partial charge on any atom is 0.291 e. The number of carbonyl (C=O) groups excluding carboxylic acids is 2. The normalized spacial score (nSPS) is 11.8. The van der Waals surface area contributed by atoms with Gasteiger partial charge in [-0.25, -0.2) is 0 Å². The molecule has 1 aromatic carbocycles. The molecule has 2 aromatic rings. The predicted molar refractivity (Wildman–Crippen MR) is 88.4 cm³/mol. The minimum atomic E-state index is -0.354. The minimum Gasteiger partial charge on any atom is -0.459 e. The zero-order valence-electron chi connectivity index (χ0n) is 13.3. The molecule has 0 radical (unpaired) electrons. The molecule has 2 amide bonds. The third-order valence-corrected chi connectivity index (χ3v) is 3.38. The monoisotopic (exact) mass is 315 g/mol. The van der Waals surface area contributed by atoms with Gasteiger partial charge in [-0.1, -0.05) is 6.07 Å². The maximum atomic E-state index is 12.1. The van der Waals surface area contributed by atoms with E-state index < -0.39 is 0 Å². The molecular formula is C17H21N3O3. The van der Waals surface area contributed by atoms with Crippen LogP contribution in [0.1, 0.15) is 39.8 Å². The first kappa shape index (κ1) is 16.8.